The largest absolute Gasteiger partial charge is 0.300 e. The van der Waals surface area contributed by atoms with Gasteiger partial charge in [-0.3, -0.25) is 0 Å². The van der Waals surface area contributed by atoms with Gasteiger partial charge in [0.25, 0.3) is 0 Å². The first-order chi connectivity index (χ1) is 4.86. The Morgan fingerprint density at radius 1 is 1.50 bits per heavy atom. The van der Waals surface area contributed by atoms with Gasteiger partial charge in [0.15, 0.2) is 0 Å². The predicted octanol–water partition coefficient (Wildman–Crippen LogP) is 0.180. The normalized spacial score (nSPS) is 24.9. The molecule has 3 nitrogen and oxygen atoms in total. The van der Waals surface area contributed by atoms with Gasteiger partial charge in [0.2, 0.25) is 0 Å². The van der Waals surface area contributed by atoms with E-state index in [-0.39, 0.29) is 0 Å². The van der Waals surface area contributed by atoms with Gasteiger partial charge in [-0.15, -0.1) is 0 Å². The minimum Gasteiger partial charge on any atom is -0.300 e. The van der Waals surface area contributed by atoms with Gasteiger partial charge >= 0.3 is 0 Å². The molecule has 0 saturated carbocycles. The van der Waals surface area contributed by atoms with E-state index in [1.165, 1.54) is 5.70 Å². The number of rotatable bonds is 0. The van der Waals surface area contributed by atoms with E-state index >= 15 is 0 Å². The van der Waals surface area contributed by atoms with Crippen LogP contribution in [0.1, 0.15) is 6.42 Å². The van der Waals surface area contributed by atoms with Gasteiger partial charge in [-0.05, 0) is 7.05 Å². The molecule has 2 heterocycles. The molecule has 0 saturated heterocycles. The Bertz CT molecular complexity index is 205. The van der Waals surface area contributed by atoms with E-state index in [0.29, 0.717) is 0 Å². The molecule has 0 amide bonds. The minimum absolute atomic E-state index is 0.968. The third-order valence-electron chi connectivity index (χ3n) is 1.91. The lowest BCUT2D eigenvalue weighted by atomic mass is 10.2. The Labute approximate surface area is 60.4 Å². The third kappa shape index (κ3) is 0.827. The lowest BCUT2D eigenvalue weighted by molar-refractivity contribution is 0.345. The second kappa shape index (κ2) is 2.09. The molecule has 2 aliphatic heterocycles. The summed E-state index contributed by atoms with van der Waals surface area (Å²) in [5, 5.41) is 4.15. The van der Waals surface area contributed by atoms with E-state index in [0.717, 1.165) is 25.2 Å². The molecule has 0 aromatic rings. The summed E-state index contributed by atoms with van der Waals surface area (Å²) in [5.41, 5.74) is 2.35. The molecule has 2 aliphatic rings. The number of hydrogen-bond acceptors (Lipinski definition) is 2. The van der Waals surface area contributed by atoms with Crippen molar-refractivity contribution in [3.8, 4) is 0 Å². The zero-order valence-corrected chi connectivity index (χ0v) is 6.04. The van der Waals surface area contributed by atoms with Crippen LogP contribution < -0.4 is 5.32 Å². The average Bonchev–Trinajstić information content (AvgIpc) is 2.33. The van der Waals surface area contributed by atoms with Gasteiger partial charge in [-0.1, -0.05) is 0 Å². The molecule has 0 aliphatic carbocycles. The second-order valence-electron chi connectivity index (χ2n) is 2.75. The molecule has 0 N–H and O–H groups in total. The van der Waals surface area contributed by atoms with Gasteiger partial charge in [-0.25, -0.2) is 10.3 Å². The smallest absolute Gasteiger partial charge is 0.116 e. The lowest BCUT2D eigenvalue weighted by Gasteiger charge is -2.21. The fourth-order valence-corrected chi connectivity index (χ4v) is 1.29. The molecular weight excluding hydrogens is 126 g/mol. The Morgan fingerprint density at radius 3 is 3.30 bits per heavy atom. The molecule has 0 spiro atoms. The van der Waals surface area contributed by atoms with E-state index < -0.39 is 0 Å². The quantitative estimate of drug-likeness (QED) is 0.467. The van der Waals surface area contributed by atoms with Crippen molar-refractivity contribution < 1.29 is 0 Å². The molecule has 1 radical (unpaired) electrons. The maximum Gasteiger partial charge on any atom is 0.116 e. The highest BCUT2D eigenvalue weighted by Crippen LogP contribution is 2.18. The summed E-state index contributed by atoms with van der Waals surface area (Å²) in [4.78, 5) is 6.42. The molecule has 0 bridgehead atoms. The molecule has 0 fully saturated rings. The van der Waals surface area contributed by atoms with Crippen molar-refractivity contribution in [1.29, 1.82) is 0 Å². The molecule has 0 aromatic heterocycles. The summed E-state index contributed by atoms with van der Waals surface area (Å²) in [6, 6.07) is 0. The highest BCUT2D eigenvalue weighted by Gasteiger charge is 2.18. The Morgan fingerprint density at radius 2 is 2.40 bits per heavy atom. The molecule has 10 heavy (non-hydrogen) atoms. The van der Waals surface area contributed by atoms with Gasteiger partial charge in [0.1, 0.15) is 6.34 Å². The zero-order chi connectivity index (χ0) is 6.97. The van der Waals surface area contributed by atoms with Crippen LogP contribution in [0.5, 0.6) is 0 Å². The van der Waals surface area contributed by atoms with E-state index in [9.17, 15) is 0 Å². The van der Waals surface area contributed by atoms with E-state index in [2.05, 4.69) is 22.3 Å². The van der Waals surface area contributed by atoms with Crippen LogP contribution in [0, 0.1) is 0 Å². The molecule has 2 rings (SSSR count). The first-order valence-corrected chi connectivity index (χ1v) is 3.50. The number of aliphatic imine (C=N–C) groups is 1. The van der Waals surface area contributed by atoms with Crippen LogP contribution in [0.15, 0.2) is 16.4 Å². The fourth-order valence-electron chi connectivity index (χ4n) is 1.29. The minimum atomic E-state index is 0.968. The molecule has 53 valence electrons. The van der Waals surface area contributed by atoms with Crippen LogP contribution in [0.2, 0.25) is 0 Å². The van der Waals surface area contributed by atoms with Crippen molar-refractivity contribution in [3.63, 3.8) is 0 Å². The van der Waals surface area contributed by atoms with Crippen molar-refractivity contribution in [2.75, 3.05) is 20.1 Å². The van der Waals surface area contributed by atoms with Crippen LogP contribution >= 0.6 is 0 Å². The van der Waals surface area contributed by atoms with E-state index in [1.807, 2.05) is 0 Å². The number of hydrogen-bond donors (Lipinski definition) is 0. The first kappa shape index (κ1) is 5.92. The van der Waals surface area contributed by atoms with Gasteiger partial charge in [0, 0.05) is 19.5 Å². The van der Waals surface area contributed by atoms with E-state index in [1.54, 1.807) is 6.34 Å². The standard InChI is InChI=1S/C7H10N3/c1-10-3-2-6-7(4-10)9-5-8-6/h5H,2-4H2,1H3. The molecule has 0 unspecified atom stereocenters. The monoisotopic (exact) mass is 136 g/mol. The molecular formula is C7H10N3. The summed E-state index contributed by atoms with van der Waals surface area (Å²) < 4.78 is 0. The molecule has 0 atom stereocenters. The summed E-state index contributed by atoms with van der Waals surface area (Å²) in [5.74, 6) is 0. The van der Waals surface area contributed by atoms with Crippen molar-refractivity contribution in [3.05, 3.63) is 11.4 Å². The fraction of sp³-hybridized carbons (Fsp3) is 0.571. The van der Waals surface area contributed by atoms with Crippen molar-refractivity contribution in [2.45, 2.75) is 6.42 Å². The van der Waals surface area contributed by atoms with Crippen LogP contribution in [0.3, 0.4) is 0 Å². The Balaban J connectivity index is 2.19. The number of nitrogens with zero attached hydrogens (tertiary/aromatic N) is 3. The van der Waals surface area contributed by atoms with Crippen LogP contribution in [0.25, 0.3) is 0 Å². The lowest BCUT2D eigenvalue weighted by Crippen LogP contribution is -2.27. The summed E-state index contributed by atoms with van der Waals surface area (Å²) in [6.45, 7) is 2.08. The first-order valence-electron chi connectivity index (χ1n) is 3.50. The predicted molar refractivity (Wildman–Crippen MR) is 39.8 cm³/mol. The van der Waals surface area contributed by atoms with Crippen LogP contribution in [-0.2, 0) is 0 Å². The summed E-state index contributed by atoms with van der Waals surface area (Å²) in [7, 11) is 2.11. The topological polar surface area (TPSA) is 29.7 Å². The van der Waals surface area contributed by atoms with Crippen LogP contribution in [0.4, 0.5) is 0 Å². The van der Waals surface area contributed by atoms with Gasteiger partial charge in [-0.2, -0.15) is 0 Å². The van der Waals surface area contributed by atoms with Gasteiger partial charge in [0.05, 0.1) is 11.4 Å². The van der Waals surface area contributed by atoms with Crippen molar-refractivity contribution in [2.24, 2.45) is 4.99 Å². The highest BCUT2D eigenvalue weighted by molar-refractivity contribution is 5.63. The Kier molecular flexibility index (Phi) is 1.24. The maximum absolute atomic E-state index is 4.15. The van der Waals surface area contributed by atoms with Crippen molar-refractivity contribution >= 4 is 6.34 Å². The molecule has 0 aromatic carbocycles. The van der Waals surface area contributed by atoms with Gasteiger partial charge < -0.3 is 4.90 Å². The summed E-state index contributed by atoms with van der Waals surface area (Å²) in [6.07, 6.45) is 2.72. The maximum atomic E-state index is 4.15. The SMILES string of the molecule is CN1CCC2=C(C1)N=C[N]2. The van der Waals surface area contributed by atoms with Crippen molar-refractivity contribution in [1.82, 2.24) is 10.2 Å². The second-order valence-corrected chi connectivity index (χ2v) is 2.75. The number of likely N-dealkylation sites (N-methyl/N-ethyl adjacent to an activating group) is 1. The average molecular weight is 136 g/mol. The highest BCUT2D eigenvalue weighted by atomic mass is 15.2. The third-order valence-corrected chi connectivity index (χ3v) is 1.91. The molecule has 3 heteroatoms. The summed E-state index contributed by atoms with van der Waals surface area (Å²) >= 11 is 0. The van der Waals surface area contributed by atoms with Crippen LogP contribution in [-0.4, -0.2) is 31.4 Å². The Hall–Kier alpha value is -0.830. The van der Waals surface area contributed by atoms with E-state index in [4.69, 9.17) is 0 Å². The zero-order valence-electron chi connectivity index (χ0n) is 6.04.